The first kappa shape index (κ1) is 25.6. The molecule has 8 nitrogen and oxygen atoms in total. The van der Waals surface area contributed by atoms with Crippen LogP contribution >= 0.6 is 0 Å². The van der Waals surface area contributed by atoms with E-state index in [-0.39, 0.29) is 16.2 Å². The van der Waals surface area contributed by atoms with Gasteiger partial charge in [0.25, 0.3) is 15.9 Å². The summed E-state index contributed by atoms with van der Waals surface area (Å²) in [6, 6.07) is 17.4. The summed E-state index contributed by atoms with van der Waals surface area (Å²) in [6.07, 6.45) is -1.17. The quantitative estimate of drug-likeness (QED) is 0.352. The molecule has 0 aliphatic carbocycles. The van der Waals surface area contributed by atoms with Crippen molar-refractivity contribution in [2.45, 2.75) is 38.7 Å². The van der Waals surface area contributed by atoms with Crippen LogP contribution in [0, 0.1) is 13.8 Å². The molecule has 2 N–H and O–H groups in total. The van der Waals surface area contributed by atoms with Gasteiger partial charge in [-0.15, -0.1) is 0 Å². The molecule has 35 heavy (non-hydrogen) atoms. The smallest absolute Gasteiger partial charge is 0.338 e. The third-order valence-electron chi connectivity index (χ3n) is 5.21. The summed E-state index contributed by atoms with van der Waals surface area (Å²) in [5.74, 6) is -1.60. The molecule has 0 fully saturated rings. The minimum atomic E-state index is -3.97. The minimum Gasteiger partial charge on any atom is -0.449 e. The van der Waals surface area contributed by atoms with Crippen molar-refractivity contribution < 1.29 is 27.5 Å². The Morgan fingerprint density at radius 3 is 2.20 bits per heavy atom. The van der Waals surface area contributed by atoms with E-state index in [1.807, 2.05) is 6.92 Å². The van der Waals surface area contributed by atoms with Gasteiger partial charge in [-0.1, -0.05) is 35.9 Å². The maximum Gasteiger partial charge on any atom is 0.338 e. The first-order chi connectivity index (χ1) is 16.5. The highest BCUT2D eigenvalue weighted by Gasteiger charge is 2.23. The van der Waals surface area contributed by atoms with Crippen molar-refractivity contribution >= 4 is 39.1 Å². The average molecular weight is 495 g/mol. The molecule has 1 atom stereocenters. The topological polar surface area (TPSA) is 119 Å². The van der Waals surface area contributed by atoms with E-state index in [4.69, 9.17) is 4.74 Å². The summed E-state index contributed by atoms with van der Waals surface area (Å²) in [4.78, 5) is 36.6. The Morgan fingerprint density at radius 1 is 0.857 bits per heavy atom. The number of hydrogen-bond acceptors (Lipinski definition) is 6. The molecule has 1 amide bonds. The Kier molecular flexibility index (Phi) is 7.71. The maximum atomic E-state index is 12.9. The lowest BCUT2D eigenvalue weighted by molar-refractivity contribution is -0.123. The predicted molar refractivity (Wildman–Crippen MR) is 133 cm³/mol. The van der Waals surface area contributed by atoms with Crippen LogP contribution in [0.3, 0.4) is 0 Å². The van der Waals surface area contributed by atoms with E-state index in [0.29, 0.717) is 22.5 Å². The molecule has 3 aromatic rings. The molecule has 0 spiro atoms. The number of aryl methyl sites for hydroxylation is 2. The van der Waals surface area contributed by atoms with Gasteiger partial charge in [0.05, 0.1) is 10.5 Å². The maximum absolute atomic E-state index is 12.9. The number of nitrogens with one attached hydrogen (secondary N) is 2. The number of carbonyl (C=O) groups excluding carboxylic acids is 3. The third kappa shape index (κ3) is 6.54. The Morgan fingerprint density at radius 2 is 1.54 bits per heavy atom. The van der Waals surface area contributed by atoms with Crippen LogP contribution in [0.5, 0.6) is 0 Å². The van der Waals surface area contributed by atoms with E-state index >= 15 is 0 Å². The highest BCUT2D eigenvalue weighted by Crippen LogP contribution is 2.22. The summed E-state index contributed by atoms with van der Waals surface area (Å²) in [7, 11) is -3.97. The number of Topliss-reactive ketones (excluding diaryl/α,β-unsaturated/α-hetero) is 1. The molecule has 182 valence electrons. The highest BCUT2D eigenvalue weighted by atomic mass is 32.2. The zero-order valence-electron chi connectivity index (χ0n) is 19.8. The summed E-state index contributed by atoms with van der Waals surface area (Å²) < 4.78 is 33.6. The van der Waals surface area contributed by atoms with Gasteiger partial charge < -0.3 is 10.1 Å². The van der Waals surface area contributed by atoms with Crippen LogP contribution in [-0.4, -0.2) is 32.2 Å². The molecule has 9 heteroatoms. The number of sulfonamides is 1. The fourth-order valence-electron chi connectivity index (χ4n) is 3.19. The lowest BCUT2D eigenvalue weighted by Crippen LogP contribution is -2.30. The molecule has 0 aromatic heterocycles. The van der Waals surface area contributed by atoms with Crippen LogP contribution < -0.4 is 10.0 Å². The summed E-state index contributed by atoms with van der Waals surface area (Å²) in [5, 5.41) is 2.60. The van der Waals surface area contributed by atoms with Crippen LogP contribution in [-0.2, 0) is 19.6 Å². The van der Waals surface area contributed by atoms with E-state index in [0.717, 1.165) is 5.56 Å². The fourth-order valence-corrected chi connectivity index (χ4v) is 4.52. The van der Waals surface area contributed by atoms with Crippen LogP contribution in [0.4, 0.5) is 11.4 Å². The van der Waals surface area contributed by atoms with Gasteiger partial charge in [-0.05, 0) is 69.7 Å². The van der Waals surface area contributed by atoms with Crippen LogP contribution in [0.2, 0.25) is 0 Å². The number of ketones is 1. The average Bonchev–Trinajstić information content (AvgIpc) is 2.80. The lowest BCUT2D eigenvalue weighted by atomic mass is 10.1. The number of rotatable bonds is 8. The Bertz CT molecular complexity index is 1380. The number of benzene rings is 3. The SMILES string of the molecule is CC(=O)c1cccc(NC(=O)C(C)OC(=O)c2ccc(C)c(S(=O)(=O)Nc3ccc(C)cc3)c2)c1. The van der Waals surface area contributed by atoms with Crippen LogP contribution in [0.1, 0.15) is 45.7 Å². The molecule has 0 saturated heterocycles. The summed E-state index contributed by atoms with van der Waals surface area (Å²) in [5.41, 5.74) is 2.62. The van der Waals surface area contributed by atoms with E-state index in [2.05, 4.69) is 10.0 Å². The molecular weight excluding hydrogens is 468 g/mol. The second-order valence-corrected chi connectivity index (χ2v) is 9.78. The van der Waals surface area contributed by atoms with Gasteiger partial charge in [-0.2, -0.15) is 0 Å². The molecule has 3 rings (SSSR count). The summed E-state index contributed by atoms with van der Waals surface area (Å²) in [6.45, 7) is 6.32. The van der Waals surface area contributed by atoms with Crippen molar-refractivity contribution in [3.05, 3.63) is 89.0 Å². The Hall–Kier alpha value is -3.98. The van der Waals surface area contributed by atoms with Gasteiger partial charge in [0.2, 0.25) is 0 Å². The van der Waals surface area contributed by atoms with Crippen molar-refractivity contribution in [1.29, 1.82) is 0 Å². The van der Waals surface area contributed by atoms with Crippen LogP contribution in [0.25, 0.3) is 0 Å². The molecule has 0 aliphatic heterocycles. The van der Waals surface area contributed by atoms with E-state index < -0.39 is 28.0 Å². The molecule has 3 aromatic carbocycles. The predicted octanol–water partition coefficient (Wildman–Crippen LogP) is 4.49. The van der Waals surface area contributed by atoms with Gasteiger partial charge in [0.1, 0.15) is 0 Å². The molecule has 0 heterocycles. The van der Waals surface area contributed by atoms with Crippen molar-refractivity contribution in [1.82, 2.24) is 0 Å². The number of esters is 1. The van der Waals surface area contributed by atoms with Gasteiger partial charge in [-0.25, -0.2) is 13.2 Å². The van der Waals surface area contributed by atoms with Gasteiger partial charge in [0.15, 0.2) is 11.9 Å². The second kappa shape index (κ2) is 10.5. The second-order valence-electron chi connectivity index (χ2n) is 8.13. The normalized spacial score (nSPS) is 11.9. The van der Waals surface area contributed by atoms with Crippen molar-refractivity contribution in [3.63, 3.8) is 0 Å². The first-order valence-electron chi connectivity index (χ1n) is 10.8. The summed E-state index contributed by atoms with van der Waals surface area (Å²) >= 11 is 0. The zero-order valence-corrected chi connectivity index (χ0v) is 20.6. The molecule has 0 bridgehead atoms. The zero-order chi connectivity index (χ0) is 25.8. The van der Waals surface area contributed by atoms with Crippen molar-refractivity contribution in [2.75, 3.05) is 10.0 Å². The Labute approximate surface area is 204 Å². The third-order valence-corrected chi connectivity index (χ3v) is 6.73. The standard InChI is InChI=1S/C26H26N2O6S/c1-16-8-12-22(13-9-16)28-35(32,33)24-15-21(11-10-17(24)2)26(31)34-19(4)25(30)27-23-7-5-6-20(14-23)18(3)29/h5-15,19,28H,1-4H3,(H,27,30). The first-order valence-corrected chi connectivity index (χ1v) is 12.3. The van der Waals surface area contributed by atoms with Gasteiger partial charge >= 0.3 is 5.97 Å². The molecule has 0 radical (unpaired) electrons. The number of anilines is 2. The fraction of sp³-hybridized carbons (Fsp3) is 0.192. The Balaban J connectivity index is 1.73. The number of ether oxygens (including phenoxy) is 1. The highest BCUT2D eigenvalue weighted by molar-refractivity contribution is 7.92. The number of amides is 1. The number of hydrogen-bond donors (Lipinski definition) is 2. The van der Waals surface area contributed by atoms with Gasteiger partial charge in [-0.3, -0.25) is 14.3 Å². The molecule has 0 aliphatic rings. The van der Waals surface area contributed by atoms with Crippen molar-refractivity contribution in [2.24, 2.45) is 0 Å². The largest absolute Gasteiger partial charge is 0.449 e. The van der Waals surface area contributed by atoms with Crippen molar-refractivity contribution in [3.8, 4) is 0 Å². The van der Waals surface area contributed by atoms with E-state index in [1.165, 1.54) is 38.1 Å². The van der Waals surface area contributed by atoms with Gasteiger partial charge in [0, 0.05) is 16.9 Å². The molecule has 1 unspecified atom stereocenters. The number of carbonyl (C=O) groups is 3. The van der Waals surface area contributed by atoms with Crippen LogP contribution in [0.15, 0.2) is 71.6 Å². The minimum absolute atomic E-state index is 0.0156. The monoisotopic (exact) mass is 494 g/mol. The molecular formula is C26H26N2O6S. The molecule has 0 saturated carbocycles. The van der Waals surface area contributed by atoms with E-state index in [1.54, 1.807) is 49.4 Å². The van der Waals surface area contributed by atoms with E-state index in [9.17, 15) is 22.8 Å². The lowest BCUT2D eigenvalue weighted by Gasteiger charge is -2.15.